The molecule has 0 aliphatic heterocycles. The van der Waals surface area contributed by atoms with E-state index in [1.165, 1.54) is 0 Å². The molecular weight excluding hydrogens is 277 g/mol. The summed E-state index contributed by atoms with van der Waals surface area (Å²) in [5, 5.41) is 12.8. The van der Waals surface area contributed by atoms with E-state index in [0.29, 0.717) is 23.2 Å². The van der Waals surface area contributed by atoms with Crippen LogP contribution in [0.2, 0.25) is 0 Å². The molecule has 0 heterocycles. The maximum atomic E-state index is 13.1. The molecule has 16 heavy (non-hydrogen) atoms. The Morgan fingerprint density at radius 3 is 2.88 bits per heavy atom. The molecule has 0 bridgehead atoms. The van der Waals surface area contributed by atoms with Gasteiger partial charge < -0.3 is 15.2 Å². The Kier molecular flexibility index (Phi) is 5.18. The second kappa shape index (κ2) is 6.18. The number of phenols is 1. The Hall–Kier alpha value is -0.650. The van der Waals surface area contributed by atoms with Gasteiger partial charge in [-0.15, -0.1) is 0 Å². The summed E-state index contributed by atoms with van der Waals surface area (Å²) < 4.78 is 18.3. The highest BCUT2D eigenvalue weighted by Gasteiger charge is 2.13. The maximum absolute atomic E-state index is 13.1. The van der Waals surface area contributed by atoms with Crippen molar-refractivity contribution in [1.82, 2.24) is 5.32 Å². The summed E-state index contributed by atoms with van der Waals surface area (Å²) in [6.45, 7) is 3.16. The Morgan fingerprint density at radius 1 is 1.56 bits per heavy atom. The van der Waals surface area contributed by atoms with E-state index in [1.54, 1.807) is 13.2 Å². The molecule has 1 aromatic rings. The van der Waals surface area contributed by atoms with Crippen molar-refractivity contribution in [3.05, 3.63) is 28.0 Å². The third kappa shape index (κ3) is 3.43. The number of hydrogen-bond donors (Lipinski definition) is 2. The molecule has 1 aromatic carbocycles. The smallest absolute Gasteiger partial charge is 0.141 e. The van der Waals surface area contributed by atoms with Crippen LogP contribution < -0.4 is 5.32 Å². The number of benzene rings is 1. The van der Waals surface area contributed by atoms with Gasteiger partial charge in [0.05, 0.1) is 11.1 Å². The van der Waals surface area contributed by atoms with Crippen molar-refractivity contribution in [3.63, 3.8) is 0 Å². The lowest BCUT2D eigenvalue weighted by molar-refractivity contribution is 0.196. The van der Waals surface area contributed by atoms with Crippen LogP contribution in [-0.4, -0.2) is 25.4 Å². The SMILES string of the molecule is COCCNC(C)c1cc(Br)c(F)cc1O. The van der Waals surface area contributed by atoms with Crippen molar-refractivity contribution in [2.24, 2.45) is 0 Å². The van der Waals surface area contributed by atoms with Gasteiger partial charge in [-0.3, -0.25) is 0 Å². The van der Waals surface area contributed by atoms with Gasteiger partial charge in [0.25, 0.3) is 0 Å². The number of aromatic hydroxyl groups is 1. The summed E-state index contributed by atoms with van der Waals surface area (Å²) in [4.78, 5) is 0. The second-order valence-corrected chi connectivity index (χ2v) is 4.35. The lowest BCUT2D eigenvalue weighted by Gasteiger charge is -2.16. The highest BCUT2D eigenvalue weighted by atomic mass is 79.9. The first-order valence-corrected chi connectivity index (χ1v) is 5.75. The molecule has 1 rings (SSSR count). The minimum atomic E-state index is -0.467. The molecule has 0 fully saturated rings. The molecule has 0 aromatic heterocycles. The van der Waals surface area contributed by atoms with Crippen molar-refractivity contribution in [3.8, 4) is 5.75 Å². The molecular formula is C11H15BrFNO2. The molecule has 0 amide bonds. The minimum Gasteiger partial charge on any atom is -0.508 e. The lowest BCUT2D eigenvalue weighted by atomic mass is 10.1. The minimum absolute atomic E-state index is 0.0434. The standard InChI is InChI=1S/C11H15BrFNO2/c1-7(14-3-4-16-2)8-5-9(12)10(13)6-11(8)15/h5-7,14-15H,3-4H2,1-2H3. The fourth-order valence-corrected chi connectivity index (χ4v) is 1.75. The van der Waals surface area contributed by atoms with Gasteiger partial charge in [0.1, 0.15) is 11.6 Å². The van der Waals surface area contributed by atoms with Gasteiger partial charge >= 0.3 is 0 Å². The van der Waals surface area contributed by atoms with Crippen LogP contribution in [0.5, 0.6) is 5.75 Å². The number of halogens is 2. The Bertz CT molecular complexity index is 360. The van der Waals surface area contributed by atoms with E-state index < -0.39 is 5.82 Å². The van der Waals surface area contributed by atoms with Gasteiger partial charge in [0.2, 0.25) is 0 Å². The van der Waals surface area contributed by atoms with Gasteiger partial charge in [-0.05, 0) is 28.9 Å². The van der Waals surface area contributed by atoms with Crippen LogP contribution in [0.25, 0.3) is 0 Å². The third-order valence-electron chi connectivity index (χ3n) is 2.29. The Labute approximate surface area is 103 Å². The molecule has 2 N–H and O–H groups in total. The zero-order valence-electron chi connectivity index (χ0n) is 9.26. The van der Waals surface area contributed by atoms with E-state index in [2.05, 4.69) is 21.2 Å². The van der Waals surface area contributed by atoms with E-state index in [9.17, 15) is 9.50 Å². The summed E-state index contributed by atoms with van der Waals surface area (Å²) in [6.07, 6.45) is 0. The molecule has 3 nitrogen and oxygen atoms in total. The number of phenolic OH excluding ortho intramolecular Hbond substituents is 1. The number of ether oxygens (including phenoxy) is 1. The monoisotopic (exact) mass is 291 g/mol. The number of nitrogens with one attached hydrogen (secondary N) is 1. The average Bonchev–Trinajstić information content (AvgIpc) is 2.23. The Balaban J connectivity index is 2.75. The van der Waals surface area contributed by atoms with Crippen LogP contribution >= 0.6 is 15.9 Å². The zero-order valence-corrected chi connectivity index (χ0v) is 10.8. The van der Waals surface area contributed by atoms with Gasteiger partial charge in [-0.2, -0.15) is 0 Å². The van der Waals surface area contributed by atoms with Gasteiger partial charge in [-0.1, -0.05) is 0 Å². The van der Waals surface area contributed by atoms with Crippen molar-refractivity contribution in [2.45, 2.75) is 13.0 Å². The first-order chi connectivity index (χ1) is 7.56. The highest BCUT2D eigenvalue weighted by Crippen LogP contribution is 2.29. The predicted octanol–water partition coefficient (Wildman–Crippen LogP) is 2.59. The van der Waals surface area contributed by atoms with Crippen molar-refractivity contribution in [1.29, 1.82) is 0 Å². The normalized spacial score (nSPS) is 12.8. The average molecular weight is 292 g/mol. The maximum Gasteiger partial charge on any atom is 0.141 e. The van der Waals surface area contributed by atoms with Crippen LogP contribution in [0.3, 0.4) is 0 Å². The fraction of sp³-hybridized carbons (Fsp3) is 0.455. The van der Waals surface area contributed by atoms with E-state index >= 15 is 0 Å². The third-order valence-corrected chi connectivity index (χ3v) is 2.90. The van der Waals surface area contributed by atoms with Gasteiger partial charge in [0, 0.05) is 31.3 Å². The molecule has 1 unspecified atom stereocenters. The molecule has 0 saturated heterocycles. The summed E-state index contributed by atoms with van der Waals surface area (Å²) in [6, 6.07) is 2.62. The van der Waals surface area contributed by atoms with Crippen LogP contribution in [0.4, 0.5) is 4.39 Å². The second-order valence-electron chi connectivity index (χ2n) is 3.49. The molecule has 0 aliphatic carbocycles. The van der Waals surface area contributed by atoms with E-state index in [1.807, 2.05) is 6.92 Å². The quantitative estimate of drug-likeness (QED) is 0.820. The van der Waals surface area contributed by atoms with Crippen molar-refractivity contribution >= 4 is 15.9 Å². The van der Waals surface area contributed by atoms with Gasteiger partial charge in [-0.25, -0.2) is 4.39 Å². The van der Waals surface area contributed by atoms with E-state index in [-0.39, 0.29) is 11.8 Å². The topological polar surface area (TPSA) is 41.5 Å². The van der Waals surface area contributed by atoms with E-state index in [4.69, 9.17) is 4.74 Å². The molecule has 0 spiro atoms. The van der Waals surface area contributed by atoms with Crippen LogP contribution in [-0.2, 0) is 4.74 Å². The van der Waals surface area contributed by atoms with E-state index in [0.717, 1.165) is 6.07 Å². The van der Waals surface area contributed by atoms with Gasteiger partial charge in [0.15, 0.2) is 0 Å². The number of hydrogen-bond acceptors (Lipinski definition) is 3. The predicted molar refractivity (Wildman–Crippen MR) is 64.1 cm³/mol. The van der Waals surface area contributed by atoms with Crippen LogP contribution in [0.1, 0.15) is 18.5 Å². The molecule has 5 heteroatoms. The first-order valence-electron chi connectivity index (χ1n) is 4.96. The zero-order chi connectivity index (χ0) is 12.1. The first kappa shape index (κ1) is 13.4. The summed E-state index contributed by atoms with van der Waals surface area (Å²) in [5.41, 5.74) is 0.657. The van der Waals surface area contributed by atoms with Crippen molar-refractivity contribution < 1.29 is 14.2 Å². The number of rotatable bonds is 5. The molecule has 90 valence electrons. The Morgan fingerprint density at radius 2 is 2.25 bits per heavy atom. The molecule has 1 atom stereocenters. The largest absolute Gasteiger partial charge is 0.508 e. The van der Waals surface area contributed by atoms with Crippen molar-refractivity contribution in [2.75, 3.05) is 20.3 Å². The highest BCUT2D eigenvalue weighted by molar-refractivity contribution is 9.10. The fourth-order valence-electron chi connectivity index (χ4n) is 1.39. The van der Waals surface area contributed by atoms with Crippen LogP contribution in [0.15, 0.2) is 16.6 Å². The number of methoxy groups -OCH3 is 1. The molecule has 0 aliphatic rings. The molecule has 0 radical (unpaired) electrons. The summed E-state index contributed by atoms with van der Waals surface area (Å²) in [7, 11) is 1.62. The lowest BCUT2D eigenvalue weighted by Crippen LogP contribution is -2.23. The summed E-state index contributed by atoms with van der Waals surface area (Å²) >= 11 is 3.09. The van der Waals surface area contributed by atoms with Crippen LogP contribution in [0, 0.1) is 5.82 Å². The summed E-state index contributed by atoms with van der Waals surface area (Å²) in [5.74, 6) is -0.511. The molecule has 0 saturated carbocycles.